The Hall–Kier alpha value is -1.02. The summed E-state index contributed by atoms with van der Waals surface area (Å²) in [6, 6.07) is 8.38. The van der Waals surface area contributed by atoms with Crippen molar-refractivity contribution in [2.75, 3.05) is 13.2 Å². The average molecular weight is 219 g/mol. The molecule has 1 aromatic rings. The average Bonchev–Trinajstić information content (AvgIpc) is 2.72. The van der Waals surface area contributed by atoms with Gasteiger partial charge in [-0.25, -0.2) is 0 Å². The minimum atomic E-state index is 0.552. The van der Waals surface area contributed by atoms with Gasteiger partial charge in [-0.2, -0.15) is 0 Å². The Morgan fingerprint density at radius 2 is 2.25 bits per heavy atom. The lowest BCUT2D eigenvalue weighted by molar-refractivity contribution is 0.302. The summed E-state index contributed by atoms with van der Waals surface area (Å²) in [5.74, 6) is 2.26. The molecule has 2 rings (SSSR count). The van der Waals surface area contributed by atoms with E-state index in [4.69, 9.17) is 10.5 Å². The molecule has 2 heteroatoms. The fraction of sp³-hybridized carbons (Fsp3) is 0.571. The molecule has 1 aliphatic rings. The minimum Gasteiger partial charge on any atom is -0.493 e. The minimum absolute atomic E-state index is 0.552. The summed E-state index contributed by atoms with van der Waals surface area (Å²) in [4.78, 5) is 0. The van der Waals surface area contributed by atoms with Crippen molar-refractivity contribution in [1.29, 1.82) is 0 Å². The normalized spacial score (nSPS) is 20.2. The Labute approximate surface area is 97.8 Å². The van der Waals surface area contributed by atoms with E-state index in [1.807, 2.05) is 6.07 Å². The van der Waals surface area contributed by atoms with Crippen molar-refractivity contribution in [2.45, 2.75) is 32.1 Å². The van der Waals surface area contributed by atoms with Crippen molar-refractivity contribution in [3.05, 3.63) is 29.8 Å². The van der Waals surface area contributed by atoms with Crippen LogP contribution in [0.2, 0.25) is 0 Å². The topological polar surface area (TPSA) is 35.2 Å². The lowest BCUT2D eigenvalue weighted by Crippen LogP contribution is -2.18. The summed E-state index contributed by atoms with van der Waals surface area (Å²) in [6.45, 7) is 3.85. The van der Waals surface area contributed by atoms with Gasteiger partial charge in [0.05, 0.1) is 6.61 Å². The fourth-order valence-corrected chi connectivity index (χ4v) is 2.57. The third-order valence-electron chi connectivity index (χ3n) is 3.45. The van der Waals surface area contributed by atoms with Crippen LogP contribution in [0.5, 0.6) is 5.75 Å². The molecule has 2 atom stereocenters. The maximum atomic E-state index is 5.82. The number of nitrogens with two attached hydrogens (primary N) is 1. The van der Waals surface area contributed by atoms with Gasteiger partial charge >= 0.3 is 0 Å². The van der Waals surface area contributed by atoms with Gasteiger partial charge in [-0.05, 0) is 31.4 Å². The highest BCUT2D eigenvalue weighted by molar-refractivity contribution is 5.39. The van der Waals surface area contributed by atoms with Gasteiger partial charge in [-0.15, -0.1) is 0 Å². The van der Waals surface area contributed by atoms with Crippen LogP contribution in [0, 0.1) is 5.92 Å². The number of fused-ring (bicyclic) bond motifs is 1. The standard InChI is InChI=1S/C14H21NO/c1-2-5-11(9-15)8-12-10-16-14-7-4-3-6-13(12)14/h3-4,6-7,11-12H,2,5,8-10,15H2,1H3. The molecule has 16 heavy (non-hydrogen) atoms. The van der Waals surface area contributed by atoms with Crippen LogP contribution in [0.25, 0.3) is 0 Å². The molecular weight excluding hydrogens is 198 g/mol. The number of hydrogen-bond donors (Lipinski definition) is 1. The second kappa shape index (κ2) is 5.35. The Morgan fingerprint density at radius 1 is 1.44 bits per heavy atom. The van der Waals surface area contributed by atoms with E-state index < -0.39 is 0 Å². The fourth-order valence-electron chi connectivity index (χ4n) is 2.57. The van der Waals surface area contributed by atoms with Crippen molar-refractivity contribution in [3.8, 4) is 5.75 Å². The van der Waals surface area contributed by atoms with E-state index in [9.17, 15) is 0 Å². The number of ether oxygens (including phenoxy) is 1. The van der Waals surface area contributed by atoms with E-state index in [1.165, 1.54) is 24.8 Å². The molecule has 88 valence electrons. The van der Waals surface area contributed by atoms with E-state index >= 15 is 0 Å². The van der Waals surface area contributed by atoms with Crippen LogP contribution in [0.1, 0.15) is 37.7 Å². The van der Waals surface area contributed by atoms with Crippen molar-refractivity contribution >= 4 is 0 Å². The lowest BCUT2D eigenvalue weighted by Gasteiger charge is -2.17. The Morgan fingerprint density at radius 3 is 3.00 bits per heavy atom. The molecule has 0 aliphatic carbocycles. The molecule has 0 spiro atoms. The van der Waals surface area contributed by atoms with Gasteiger partial charge in [-0.3, -0.25) is 0 Å². The molecule has 1 aliphatic heterocycles. The van der Waals surface area contributed by atoms with Gasteiger partial charge in [0.25, 0.3) is 0 Å². The maximum absolute atomic E-state index is 5.82. The summed E-state index contributed by atoms with van der Waals surface area (Å²) < 4.78 is 5.69. The van der Waals surface area contributed by atoms with Crippen LogP contribution in [0.3, 0.4) is 0 Å². The van der Waals surface area contributed by atoms with Crippen LogP contribution >= 0.6 is 0 Å². The molecule has 1 heterocycles. The zero-order valence-electron chi connectivity index (χ0n) is 9.99. The van der Waals surface area contributed by atoms with Crippen molar-refractivity contribution < 1.29 is 4.74 Å². The zero-order chi connectivity index (χ0) is 11.4. The molecule has 2 unspecified atom stereocenters. The van der Waals surface area contributed by atoms with E-state index in [0.717, 1.165) is 18.9 Å². The largest absolute Gasteiger partial charge is 0.493 e. The highest BCUT2D eigenvalue weighted by Gasteiger charge is 2.25. The molecule has 0 saturated heterocycles. The van der Waals surface area contributed by atoms with Crippen LogP contribution in [0.15, 0.2) is 24.3 Å². The number of para-hydroxylation sites is 1. The first kappa shape index (κ1) is 11.5. The van der Waals surface area contributed by atoms with Gasteiger partial charge in [0.1, 0.15) is 5.75 Å². The first-order valence-electron chi connectivity index (χ1n) is 6.27. The predicted octanol–water partition coefficient (Wildman–Crippen LogP) is 2.93. The van der Waals surface area contributed by atoms with Gasteiger partial charge in [0.2, 0.25) is 0 Å². The maximum Gasteiger partial charge on any atom is 0.122 e. The first-order chi connectivity index (χ1) is 7.85. The van der Waals surface area contributed by atoms with Crippen LogP contribution in [-0.4, -0.2) is 13.2 Å². The number of hydrogen-bond acceptors (Lipinski definition) is 2. The molecule has 0 bridgehead atoms. The number of rotatable bonds is 5. The lowest BCUT2D eigenvalue weighted by atomic mass is 9.88. The summed E-state index contributed by atoms with van der Waals surface area (Å²) in [5.41, 5.74) is 7.19. The number of benzene rings is 1. The Balaban J connectivity index is 2.02. The SMILES string of the molecule is CCCC(CN)CC1COc2ccccc21. The van der Waals surface area contributed by atoms with Gasteiger partial charge in [0.15, 0.2) is 0 Å². The van der Waals surface area contributed by atoms with Gasteiger partial charge in [0, 0.05) is 11.5 Å². The summed E-state index contributed by atoms with van der Waals surface area (Å²) >= 11 is 0. The van der Waals surface area contributed by atoms with Gasteiger partial charge < -0.3 is 10.5 Å². The predicted molar refractivity (Wildman–Crippen MR) is 66.7 cm³/mol. The second-order valence-electron chi connectivity index (χ2n) is 4.67. The van der Waals surface area contributed by atoms with E-state index in [-0.39, 0.29) is 0 Å². The molecule has 0 fully saturated rings. The van der Waals surface area contributed by atoms with Gasteiger partial charge in [-0.1, -0.05) is 31.5 Å². The van der Waals surface area contributed by atoms with Crippen molar-refractivity contribution in [1.82, 2.24) is 0 Å². The smallest absolute Gasteiger partial charge is 0.122 e. The molecule has 0 amide bonds. The second-order valence-corrected chi connectivity index (χ2v) is 4.67. The molecule has 1 aromatic carbocycles. The van der Waals surface area contributed by atoms with E-state index in [0.29, 0.717) is 11.8 Å². The highest BCUT2D eigenvalue weighted by atomic mass is 16.5. The molecular formula is C14H21NO. The molecule has 2 N–H and O–H groups in total. The Kier molecular flexibility index (Phi) is 3.83. The molecule has 0 aromatic heterocycles. The van der Waals surface area contributed by atoms with Crippen LogP contribution in [-0.2, 0) is 0 Å². The third kappa shape index (κ3) is 2.38. The van der Waals surface area contributed by atoms with E-state index in [1.54, 1.807) is 0 Å². The zero-order valence-corrected chi connectivity index (χ0v) is 9.99. The van der Waals surface area contributed by atoms with Crippen molar-refractivity contribution in [2.24, 2.45) is 11.7 Å². The van der Waals surface area contributed by atoms with Crippen LogP contribution in [0.4, 0.5) is 0 Å². The first-order valence-corrected chi connectivity index (χ1v) is 6.27. The molecule has 0 saturated carbocycles. The summed E-state index contributed by atoms with van der Waals surface area (Å²) in [5, 5.41) is 0. The molecule has 2 nitrogen and oxygen atoms in total. The third-order valence-corrected chi connectivity index (χ3v) is 3.45. The highest BCUT2D eigenvalue weighted by Crippen LogP contribution is 2.37. The van der Waals surface area contributed by atoms with Crippen LogP contribution < -0.4 is 10.5 Å². The summed E-state index contributed by atoms with van der Waals surface area (Å²) in [7, 11) is 0. The summed E-state index contributed by atoms with van der Waals surface area (Å²) in [6.07, 6.45) is 3.62. The molecule has 0 radical (unpaired) electrons. The quantitative estimate of drug-likeness (QED) is 0.826. The Bertz CT molecular complexity index is 337. The van der Waals surface area contributed by atoms with E-state index in [2.05, 4.69) is 25.1 Å². The van der Waals surface area contributed by atoms with Crippen molar-refractivity contribution in [3.63, 3.8) is 0 Å². The monoisotopic (exact) mass is 219 g/mol.